The number of likely N-dealkylation sites (tertiary alicyclic amines) is 1. The van der Waals surface area contributed by atoms with Gasteiger partial charge in [-0.25, -0.2) is 0 Å². The van der Waals surface area contributed by atoms with Crippen LogP contribution in [0.2, 0.25) is 0 Å². The quantitative estimate of drug-likeness (QED) is 0.420. The molecular weight excluding hydrogens is 424 g/mol. The van der Waals surface area contributed by atoms with Crippen LogP contribution in [-0.2, 0) is 23.9 Å². The summed E-state index contributed by atoms with van der Waals surface area (Å²) in [4.78, 5) is 59.4. The summed E-state index contributed by atoms with van der Waals surface area (Å²) in [6, 6.07) is -0.758. The maximum absolute atomic E-state index is 13.5. The van der Waals surface area contributed by atoms with Crippen LogP contribution in [0.25, 0.3) is 0 Å². The Kier molecular flexibility index (Phi) is 7.48. The molecule has 0 aromatic rings. The Bertz CT molecular complexity index is 773. The van der Waals surface area contributed by atoms with E-state index in [-0.39, 0.29) is 41.4 Å². The van der Waals surface area contributed by atoms with E-state index in [9.17, 15) is 19.2 Å². The summed E-state index contributed by atoms with van der Waals surface area (Å²) < 4.78 is 5.34. The smallest absolute Gasteiger partial charge is 0.246 e. The van der Waals surface area contributed by atoms with Crippen LogP contribution in [0.3, 0.4) is 0 Å². The summed E-state index contributed by atoms with van der Waals surface area (Å²) in [7, 11) is 0. The Hall–Kier alpha value is -2.26. The Morgan fingerprint density at radius 2 is 1.45 bits per heavy atom. The van der Waals surface area contributed by atoms with Gasteiger partial charge in [-0.15, -0.1) is 0 Å². The number of hydrogen-bond donors (Lipinski definition) is 0. The molecule has 4 rings (SSSR count). The molecule has 4 amide bonds. The SMILES string of the molecule is CC(C)CC(C(=O)N1CCN(C(=O)CN2CCOCC2)CC1)N1C(=O)C2CC=CCC2C1=O. The molecule has 0 saturated carbocycles. The van der Waals surface area contributed by atoms with Crippen molar-refractivity contribution in [1.82, 2.24) is 19.6 Å². The first kappa shape index (κ1) is 23.9. The topological polar surface area (TPSA) is 90.5 Å². The highest BCUT2D eigenvalue weighted by Gasteiger charge is 2.51. The molecule has 3 heterocycles. The van der Waals surface area contributed by atoms with E-state index in [2.05, 4.69) is 4.90 Å². The molecule has 0 radical (unpaired) electrons. The first-order valence-corrected chi connectivity index (χ1v) is 12.3. The van der Waals surface area contributed by atoms with E-state index in [4.69, 9.17) is 4.74 Å². The zero-order valence-corrected chi connectivity index (χ0v) is 19.8. The lowest BCUT2D eigenvalue weighted by molar-refractivity contribution is -0.153. The summed E-state index contributed by atoms with van der Waals surface area (Å²) in [5.41, 5.74) is 0. The molecule has 1 aliphatic carbocycles. The number of piperazine rings is 1. The Morgan fingerprint density at radius 1 is 0.909 bits per heavy atom. The van der Waals surface area contributed by atoms with Crippen LogP contribution in [0.5, 0.6) is 0 Å². The number of hydrogen-bond acceptors (Lipinski definition) is 6. The number of carbonyl (C=O) groups excluding carboxylic acids is 4. The number of rotatable bonds is 6. The molecule has 0 aromatic heterocycles. The number of carbonyl (C=O) groups is 4. The molecule has 0 N–H and O–H groups in total. The Labute approximate surface area is 195 Å². The van der Waals surface area contributed by atoms with Gasteiger partial charge in [0.15, 0.2) is 0 Å². The zero-order chi connectivity index (χ0) is 23.5. The van der Waals surface area contributed by atoms with Gasteiger partial charge in [0.25, 0.3) is 0 Å². The van der Waals surface area contributed by atoms with Gasteiger partial charge >= 0.3 is 0 Å². The van der Waals surface area contributed by atoms with Crippen molar-refractivity contribution in [2.45, 2.75) is 39.2 Å². The predicted molar refractivity (Wildman–Crippen MR) is 121 cm³/mol. The van der Waals surface area contributed by atoms with Crippen LogP contribution >= 0.6 is 0 Å². The first-order chi connectivity index (χ1) is 15.9. The summed E-state index contributed by atoms with van der Waals surface area (Å²) >= 11 is 0. The van der Waals surface area contributed by atoms with Crippen LogP contribution < -0.4 is 0 Å². The minimum atomic E-state index is -0.758. The molecule has 9 nitrogen and oxygen atoms in total. The van der Waals surface area contributed by atoms with Crippen molar-refractivity contribution in [2.75, 3.05) is 59.0 Å². The normalized spacial score (nSPS) is 27.3. The maximum atomic E-state index is 13.5. The van der Waals surface area contributed by atoms with E-state index in [0.29, 0.717) is 65.2 Å². The van der Waals surface area contributed by atoms with Gasteiger partial charge in [0.1, 0.15) is 6.04 Å². The lowest BCUT2D eigenvalue weighted by atomic mass is 9.85. The van der Waals surface area contributed by atoms with Gasteiger partial charge in [-0.3, -0.25) is 29.0 Å². The molecule has 0 bridgehead atoms. The summed E-state index contributed by atoms with van der Waals surface area (Å²) in [6.07, 6.45) is 5.51. The van der Waals surface area contributed by atoms with Crippen molar-refractivity contribution in [3.8, 4) is 0 Å². The molecule has 33 heavy (non-hydrogen) atoms. The average Bonchev–Trinajstić information content (AvgIpc) is 3.08. The predicted octanol–water partition coefficient (Wildman–Crippen LogP) is 0.355. The van der Waals surface area contributed by atoms with Gasteiger partial charge in [0.2, 0.25) is 23.6 Å². The van der Waals surface area contributed by atoms with E-state index in [1.165, 1.54) is 4.90 Å². The lowest BCUT2D eigenvalue weighted by Gasteiger charge is -2.39. The molecule has 3 saturated heterocycles. The molecule has 3 atom stereocenters. The molecule has 9 heteroatoms. The van der Waals surface area contributed by atoms with Gasteiger partial charge in [-0.1, -0.05) is 26.0 Å². The molecule has 4 aliphatic rings. The average molecular weight is 461 g/mol. The van der Waals surface area contributed by atoms with Crippen LogP contribution in [0.15, 0.2) is 12.2 Å². The van der Waals surface area contributed by atoms with Crippen LogP contribution in [0.1, 0.15) is 33.1 Å². The highest BCUT2D eigenvalue weighted by Crippen LogP contribution is 2.37. The second kappa shape index (κ2) is 10.3. The van der Waals surface area contributed by atoms with Gasteiger partial charge in [0.05, 0.1) is 31.6 Å². The van der Waals surface area contributed by atoms with E-state index in [1.54, 1.807) is 4.90 Å². The highest BCUT2D eigenvalue weighted by atomic mass is 16.5. The Morgan fingerprint density at radius 3 is 2.00 bits per heavy atom. The first-order valence-electron chi connectivity index (χ1n) is 12.3. The number of ether oxygens (including phenoxy) is 1. The molecule has 3 unspecified atom stereocenters. The molecule has 0 spiro atoms. The van der Waals surface area contributed by atoms with E-state index in [0.717, 1.165) is 13.1 Å². The van der Waals surface area contributed by atoms with E-state index in [1.807, 2.05) is 30.9 Å². The summed E-state index contributed by atoms with van der Waals surface area (Å²) in [5, 5.41) is 0. The van der Waals surface area contributed by atoms with E-state index < -0.39 is 6.04 Å². The third-order valence-corrected chi connectivity index (χ3v) is 7.24. The summed E-state index contributed by atoms with van der Waals surface area (Å²) in [5.74, 6) is -1.00. The number of fused-ring (bicyclic) bond motifs is 1. The molecule has 3 aliphatic heterocycles. The maximum Gasteiger partial charge on any atom is 0.246 e. The largest absolute Gasteiger partial charge is 0.379 e. The molecule has 182 valence electrons. The van der Waals surface area contributed by atoms with Crippen LogP contribution in [0, 0.1) is 17.8 Å². The van der Waals surface area contributed by atoms with Crippen molar-refractivity contribution < 1.29 is 23.9 Å². The fraction of sp³-hybridized carbons (Fsp3) is 0.750. The second-order valence-electron chi connectivity index (χ2n) is 9.94. The van der Waals surface area contributed by atoms with Gasteiger partial charge < -0.3 is 14.5 Å². The van der Waals surface area contributed by atoms with Gasteiger partial charge in [0, 0.05) is 39.3 Å². The van der Waals surface area contributed by atoms with Gasteiger partial charge in [-0.05, 0) is 25.2 Å². The lowest BCUT2D eigenvalue weighted by Crippen LogP contribution is -2.58. The number of allylic oxidation sites excluding steroid dienone is 2. The van der Waals surface area contributed by atoms with E-state index >= 15 is 0 Å². The fourth-order valence-corrected chi connectivity index (χ4v) is 5.33. The van der Waals surface area contributed by atoms with Crippen LogP contribution in [-0.4, -0.2) is 108 Å². The Balaban J connectivity index is 1.38. The monoisotopic (exact) mass is 460 g/mol. The van der Waals surface area contributed by atoms with Crippen molar-refractivity contribution >= 4 is 23.6 Å². The standard InChI is InChI=1S/C24H36N4O5/c1-17(2)15-20(28-22(30)18-5-3-4-6-19(18)23(28)31)24(32)27-9-7-26(8-10-27)21(29)16-25-11-13-33-14-12-25/h3-4,17-20H,5-16H2,1-2H3. The van der Waals surface area contributed by atoms with Crippen molar-refractivity contribution in [3.63, 3.8) is 0 Å². The number of nitrogens with zero attached hydrogens (tertiary/aromatic N) is 4. The molecule has 3 fully saturated rings. The van der Waals surface area contributed by atoms with Gasteiger partial charge in [-0.2, -0.15) is 0 Å². The minimum Gasteiger partial charge on any atom is -0.379 e. The number of amides is 4. The highest BCUT2D eigenvalue weighted by molar-refractivity contribution is 6.08. The van der Waals surface area contributed by atoms with Crippen LogP contribution in [0.4, 0.5) is 0 Å². The number of morpholine rings is 1. The molecular formula is C24H36N4O5. The van der Waals surface area contributed by atoms with Crippen molar-refractivity contribution in [3.05, 3.63) is 12.2 Å². The molecule has 0 aromatic carbocycles. The zero-order valence-electron chi connectivity index (χ0n) is 19.8. The third-order valence-electron chi connectivity index (χ3n) is 7.24. The number of imide groups is 1. The van der Waals surface area contributed by atoms with Crippen molar-refractivity contribution in [2.24, 2.45) is 17.8 Å². The minimum absolute atomic E-state index is 0.0733. The second-order valence-corrected chi connectivity index (χ2v) is 9.94. The fourth-order valence-electron chi connectivity index (χ4n) is 5.33. The third kappa shape index (κ3) is 5.14. The summed E-state index contributed by atoms with van der Waals surface area (Å²) in [6.45, 7) is 9.00. The van der Waals surface area contributed by atoms with Crippen molar-refractivity contribution in [1.29, 1.82) is 0 Å².